The molecular weight excluding hydrogens is 501 g/mol. The van der Waals surface area contributed by atoms with Crippen molar-refractivity contribution < 1.29 is 22.7 Å². The molecule has 1 aliphatic carbocycles. The summed E-state index contributed by atoms with van der Waals surface area (Å²) in [4.78, 5) is 17.5. The Morgan fingerprint density at radius 1 is 0.974 bits per heavy atom. The number of aliphatic hydroxyl groups is 1. The Morgan fingerprint density at radius 2 is 1.58 bits per heavy atom. The van der Waals surface area contributed by atoms with Gasteiger partial charge in [-0.2, -0.15) is 0 Å². The van der Waals surface area contributed by atoms with Gasteiger partial charge in [-0.25, -0.2) is 12.8 Å². The van der Waals surface area contributed by atoms with Crippen LogP contribution in [-0.2, 0) is 20.2 Å². The number of carbonyl (C=O) groups is 1. The Balaban J connectivity index is 1.30. The number of sulfone groups is 1. The molecule has 0 spiro atoms. The van der Waals surface area contributed by atoms with Crippen LogP contribution in [0.25, 0.3) is 11.1 Å². The molecule has 0 saturated heterocycles. The number of nitrogens with zero attached hydrogens (tertiary/aromatic N) is 1. The van der Waals surface area contributed by atoms with Crippen LogP contribution in [0, 0.1) is 17.7 Å². The van der Waals surface area contributed by atoms with Crippen molar-refractivity contribution in [1.82, 2.24) is 4.98 Å². The smallest absolute Gasteiger partial charge is 0.178 e. The molecule has 1 aromatic heterocycles. The molecule has 7 heteroatoms. The van der Waals surface area contributed by atoms with Gasteiger partial charge in [-0.05, 0) is 92.8 Å². The Labute approximate surface area is 225 Å². The van der Waals surface area contributed by atoms with Crippen molar-refractivity contribution in [1.29, 1.82) is 0 Å². The summed E-state index contributed by atoms with van der Waals surface area (Å²) in [5, 5.41) is 10.1. The zero-order chi connectivity index (χ0) is 27.5. The van der Waals surface area contributed by atoms with Gasteiger partial charge in [0.1, 0.15) is 17.2 Å². The SMILES string of the molecule is C[C@@H](CC(=O)C1CCC(CS(=O)(=O)c2ccc(-c3ccc(C(C)(C)O)nc3)cc2)CC1)c1ccc(F)cc1. The average molecular weight is 538 g/mol. The highest BCUT2D eigenvalue weighted by atomic mass is 32.2. The van der Waals surface area contributed by atoms with Gasteiger partial charge in [0.2, 0.25) is 0 Å². The van der Waals surface area contributed by atoms with Crippen molar-refractivity contribution in [3.63, 3.8) is 0 Å². The van der Waals surface area contributed by atoms with Gasteiger partial charge < -0.3 is 5.11 Å². The molecule has 1 atom stereocenters. The lowest BCUT2D eigenvalue weighted by molar-refractivity contribution is -0.124. The molecule has 2 aromatic carbocycles. The number of benzene rings is 2. The highest BCUT2D eigenvalue weighted by molar-refractivity contribution is 7.91. The largest absolute Gasteiger partial charge is 0.384 e. The van der Waals surface area contributed by atoms with Crippen LogP contribution in [0.15, 0.2) is 71.8 Å². The molecule has 0 unspecified atom stereocenters. The summed E-state index contributed by atoms with van der Waals surface area (Å²) < 4.78 is 39.4. The van der Waals surface area contributed by atoms with Crippen LogP contribution in [-0.4, -0.2) is 30.0 Å². The molecule has 5 nitrogen and oxygen atoms in total. The Kier molecular flexibility index (Phi) is 8.48. The third-order valence-corrected chi connectivity index (χ3v) is 9.54. The fourth-order valence-corrected chi connectivity index (χ4v) is 6.91. The van der Waals surface area contributed by atoms with Crippen molar-refractivity contribution in [3.8, 4) is 11.1 Å². The minimum absolute atomic E-state index is 0.0272. The molecule has 1 N–H and O–H groups in total. The second-order valence-electron chi connectivity index (χ2n) is 11.1. The monoisotopic (exact) mass is 537 g/mol. The fraction of sp³-hybridized carbons (Fsp3) is 0.419. The lowest BCUT2D eigenvalue weighted by Gasteiger charge is -2.28. The molecule has 3 aromatic rings. The summed E-state index contributed by atoms with van der Waals surface area (Å²) in [5.74, 6) is 0.0419. The number of rotatable bonds is 9. The summed E-state index contributed by atoms with van der Waals surface area (Å²) in [6.45, 7) is 5.33. The number of Topliss-reactive ketones (excluding diaryl/α,β-unsaturated/α-hetero) is 1. The van der Waals surface area contributed by atoms with Gasteiger partial charge in [0, 0.05) is 24.1 Å². The molecule has 0 bridgehead atoms. The molecule has 1 heterocycles. The van der Waals surface area contributed by atoms with Crippen LogP contribution >= 0.6 is 0 Å². The molecule has 1 fully saturated rings. The van der Waals surface area contributed by atoms with Crippen LogP contribution in [0.5, 0.6) is 0 Å². The Bertz CT molecular complexity index is 1340. The maximum Gasteiger partial charge on any atom is 0.178 e. The number of hydrogen-bond acceptors (Lipinski definition) is 5. The summed E-state index contributed by atoms with van der Waals surface area (Å²) >= 11 is 0. The van der Waals surface area contributed by atoms with Gasteiger partial charge in [-0.15, -0.1) is 0 Å². The number of hydrogen-bond donors (Lipinski definition) is 1. The maximum atomic E-state index is 13.2. The highest BCUT2D eigenvalue weighted by Crippen LogP contribution is 2.34. The summed E-state index contributed by atoms with van der Waals surface area (Å²) in [5.41, 5.74) is 2.20. The molecule has 38 heavy (non-hydrogen) atoms. The lowest BCUT2D eigenvalue weighted by Crippen LogP contribution is -2.26. The predicted octanol–water partition coefficient (Wildman–Crippen LogP) is 6.46. The predicted molar refractivity (Wildman–Crippen MR) is 147 cm³/mol. The topological polar surface area (TPSA) is 84.3 Å². The summed E-state index contributed by atoms with van der Waals surface area (Å²) in [7, 11) is -3.45. The quantitative estimate of drug-likeness (QED) is 0.339. The van der Waals surface area contributed by atoms with E-state index >= 15 is 0 Å². The van der Waals surface area contributed by atoms with Crippen LogP contribution < -0.4 is 0 Å². The molecular formula is C31H36FNO4S. The second kappa shape index (κ2) is 11.5. The number of aromatic nitrogens is 1. The van der Waals surface area contributed by atoms with E-state index < -0.39 is 15.4 Å². The molecule has 1 saturated carbocycles. The van der Waals surface area contributed by atoms with Crippen molar-refractivity contribution in [2.24, 2.45) is 11.8 Å². The minimum atomic E-state index is -3.45. The van der Waals surface area contributed by atoms with E-state index in [-0.39, 0.29) is 35.1 Å². The van der Waals surface area contributed by atoms with Gasteiger partial charge >= 0.3 is 0 Å². The van der Waals surface area contributed by atoms with Gasteiger partial charge in [0.05, 0.1) is 16.3 Å². The number of carbonyl (C=O) groups excluding carboxylic acids is 1. The van der Waals surface area contributed by atoms with Gasteiger partial charge in [-0.1, -0.05) is 37.3 Å². The first-order valence-electron chi connectivity index (χ1n) is 13.2. The molecule has 202 valence electrons. The second-order valence-corrected chi connectivity index (χ2v) is 13.2. The number of halogens is 1. The number of ketones is 1. The zero-order valence-corrected chi connectivity index (χ0v) is 23.0. The average Bonchev–Trinajstić information content (AvgIpc) is 2.89. The first kappa shape index (κ1) is 28.1. The van der Waals surface area contributed by atoms with E-state index in [2.05, 4.69) is 4.98 Å². The van der Waals surface area contributed by atoms with Crippen LogP contribution in [0.1, 0.15) is 70.1 Å². The molecule has 0 radical (unpaired) electrons. The molecule has 0 aliphatic heterocycles. The molecule has 0 amide bonds. The van der Waals surface area contributed by atoms with Crippen molar-refractivity contribution in [3.05, 3.63) is 83.9 Å². The van der Waals surface area contributed by atoms with Gasteiger partial charge in [-0.3, -0.25) is 9.78 Å². The van der Waals surface area contributed by atoms with Crippen molar-refractivity contribution >= 4 is 15.6 Å². The van der Waals surface area contributed by atoms with E-state index in [1.807, 2.05) is 13.0 Å². The first-order chi connectivity index (χ1) is 17.9. The third-order valence-electron chi connectivity index (χ3n) is 7.64. The van der Waals surface area contributed by atoms with Gasteiger partial charge in [0.15, 0.2) is 9.84 Å². The normalized spacial score (nSPS) is 19.2. The lowest BCUT2D eigenvalue weighted by atomic mass is 9.78. The Morgan fingerprint density at radius 3 is 2.13 bits per heavy atom. The van der Waals surface area contributed by atoms with Gasteiger partial charge in [0.25, 0.3) is 0 Å². The summed E-state index contributed by atoms with van der Waals surface area (Å²) in [6, 6.07) is 16.8. The van der Waals surface area contributed by atoms with E-state index in [1.165, 1.54) is 12.1 Å². The molecule has 1 aliphatic rings. The third kappa shape index (κ3) is 6.94. The zero-order valence-electron chi connectivity index (χ0n) is 22.2. The standard InChI is InChI=1S/C31H36FNO4S/c1-21(23-8-13-27(32)14-9-23)18-29(34)25-6-4-22(5-7-25)20-38(36,37)28-15-10-24(11-16-28)26-12-17-30(33-19-26)31(2,3)35/h8-17,19,21-22,25,35H,4-7,18,20H2,1-3H3/t21-,22?,25?/m0/s1. The number of pyridine rings is 1. The van der Waals surface area contributed by atoms with Crippen LogP contribution in [0.3, 0.4) is 0 Å². The van der Waals surface area contributed by atoms with E-state index in [0.717, 1.165) is 29.5 Å². The fourth-order valence-electron chi connectivity index (χ4n) is 5.22. The van der Waals surface area contributed by atoms with E-state index in [0.29, 0.717) is 29.9 Å². The van der Waals surface area contributed by atoms with Crippen molar-refractivity contribution in [2.75, 3.05) is 5.75 Å². The van der Waals surface area contributed by atoms with Crippen molar-refractivity contribution in [2.45, 2.75) is 69.3 Å². The van der Waals surface area contributed by atoms with Crippen LogP contribution in [0.2, 0.25) is 0 Å². The molecule has 4 rings (SSSR count). The Hall–Kier alpha value is -2.90. The van der Waals surface area contributed by atoms with E-state index in [1.54, 1.807) is 62.5 Å². The minimum Gasteiger partial charge on any atom is -0.384 e. The highest BCUT2D eigenvalue weighted by Gasteiger charge is 2.30. The van der Waals surface area contributed by atoms with E-state index in [4.69, 9.17) is 0 Å². The first-order valence-corrected chi connectivity index (χ1v) is 14.9. The van der Waals surface area contributed by atoms with E-state index in [9.17, 15) is 22.7 Å². The summed E-state index contributed by atoms with van der Waals surface area (Å²) in [6.07, 6.45) is 4.96. The van der Waals surface area contributed by atoms with Crippen LogP contribution in [0.4, 0.5) is 4.39 Å². The maximum absolute atomic E-state index is 13.2.